The van der Waals surface area contributed by atoms with Crippen LogP contribution in [0.25, 0.3) is 0 Å². The van der Waals surface area contributed by atoms with E-state index in [1.807, 2.05) is 20.8 Å². The van der Waals surface area contributed by atoms with Crippen molar-refractivity contribution in [2.24, 2.45) is 0 Å². The SMILES string of the molecule is CC(C)(C)OC(=O)NCC1(NCc2ccc(O)cn2)CCCC1. The molecule has 0 aromatic carbocycles. The molecule has 128 valence electrons. The Balaban J connectivity index is 1.88. The van der Waals surface area contributed by atoms with E-state index >= 15 is 0 Å². The van der Waals surface area contributed by atoms with Crippen LogP contribution < -0.4 is 10.6 Å². The van der Waals surface area contributed by atoms with Crippen molar-refractivity contribution < 1.29 is 14.6 Å². The summed E-state index contributed by atoms with van der Waals surface area (Å²) in [4.78, 5) is 16.1. The molecule has 0 aliphatic heterocycles. The standard InChI is InChI=1S/C17H27N3O3/c1-16(2,3)23-15(22)19-12-17(8-4-5-9-17)20-10-13-6-7-14(21)11-18-13/h6-7,11,20-21H,4-5,8-10,12H2,1-3H3,(H,19,22). The Labute approximate surface area is 137 Å². The van der Waals surface area contributed by atoms with Crippen molar-refractivity contribution in [3.05, 3.63) is 24.0 Å². The number of amides is 1. The molecule has 3 N–H and O–H groups in total. The molecule has 2 rings (SSSR count). The minimum atomic E-state index is -0.490. The van der Waals surface area contributed by atoms with Gasteiger partial charge < -0.3 is 20.5 Å². The zero-order valence-corrected chi connectivity index (χ0v) is 14.2. The number of hydrogen-bond acceptors (Lipinski definition) is 5. The first-order valence-corrected chi connectivity index (χ1v) is 8.14. The fourth-order valence-corrected chi connectivity index (χ4v) is 2.82. The fourth-order valence-electron chi connectivity index (χ4n) is 2.82. The number of aromatic nitrogens is 1. The zero-order chi connectivity index (χ0) is 16.9. The molecule has 1 aliphatic rings. The maximum atomic E-state index is 11.9. The van der Waals surface area contributed by atoms with Gasteiger partial charge in [-0.3, -0.25) is 4.98 Å². The predicted molar refractivity (Wildman–Crippen MR) is 88.2 cm³/mol. The second kappa shape index (κ2) is 7.17. The summed E-state index contributed by atoms with van der Waals surface area (Å²) in [6.07, 6.45) is 5.38. The third kappa shape index (κ3) is 5.71. The molecule has 0 spiro atoms. The molecule has 23 heavy (non-hydrogen) atoms. The van der Waals surface area contributed by atoms with Crippen molar-refractivity contribution in [2.75, 3.05) is 6.54 Å². The van der Waals surface area contributed by atoms with Crippen LogP contribution in [0.15, 0.2) is 18.3 Å². The summed E-state index contributed by atoms with van der Waals surface area (Å²) in [6.45, 7) is 6.71. The van der Waals surface area contributed by atoms with Crippen LogP contribution in [-0.4, -0.2) is 33.9 Å². The number of carbonyl (C=O) groups is 1. The molecule has 0 atom stereocenters. The predicted octanol–water partition coefficient (Wildman–Crippen LogP) is 2.71. The average molecular weight is 321 g/mol. The van der Waals surface area contributed by atoms with Crippen molar-refractivity contribution in [3.63, 3.8) is 0 Å². The Morgan fingerprint density at radius 3 is 2.61 bits per heavy atom. The topological polar surface area (TPSA) is 83.5 Å². The van der Waals surface area contributed by atoms with Crippen molar-refractivity contribution in [1.82, 2.24) is 15.6 Å². The van der Waals surface area contributed by atoms with Gasteiger partial charge in [0.1, 0.15) is 11.4 Å². The molecule has 1 heterocycles. The number of alkyl carbamates (subject to hydrolysis) is 1. The van der Waals surface area contributed by atoms with Crippen LogP contribution in [0.5, 0.6) is 5.75 Å². The van der Waals surface area contributed by atoms with Gasteiger partial charge in [0, 0.05) is 18.6 Å². The highest BCUT2D eigenvalue weighted by Crippen LogP contribution is 2.29. The molecular formula is C17H27N3O3. The Bertz CT molecular complexity index is 517. The lowest BCUT2D eigenvalue weighted by atomic mass is 9.97. The molecule has 1 aromatic heterocycles. The maximum absolute atomic E-state index is 11.9. The maximum Gasteiger partial charge on any atom is 0.407 e. The van der Waals surface area contributed by atoms with Crippen molar-refractivity contribution >= 4 is 6.09 Å². The normalized spacial score (nSPS) is 17.0. The van der Waals surface area contributed by atoms with Crippen LogP contribution in [0.2, 0.25) is 0 Å². The van der Waals surface area contributed by atoms with E-state index in [4.69, 9.17) is 4.74 Å². The van der Waals surface area contributed by atoms with Crippen LogP contribution in [0, 0.1) is 0 Å². The van der Waals surface area contributed by atoms with E-state index in [2.05, 4.69) is 15.6 Å². The van der Waals surface area contributed by atoms with Gasteiger partial charge in [-0.05, 0) is 45.7 Å². The summed E-state index contributed by atoms with van der Waals surface area (Å²) in [7, 11) is 0. The molecular weight excluding hydrogens is 294 g/mol. The van der Waals surface area contributed by atoms with Crippen LogP contribution in [0.4, 0.5) is 4.79 Å². The summed E-state index contributed by atoms with van der Waals surface area (Å²) < 4.78 is 5.30. The Kier molecular flexibility index (Phi) is 5.46. The summed E-state index contributed by atoms with van der Waals surface area (Å²) in [5, 5.41) is 15.7. The summed E-state index contributed by atoms with van der Waals surface area (Å²) >= 11 is 0. The van der Waals surface area contributed by atoms with E-state index in [1.165, 1.54) is 6.20 Å². The summed E-state index contributed by atoms with van der Waals surface area (Å²) in [6, 6.07) is 3.43. The quantitative estimate of drug-likeness (QED) is 0.776. The van der Waals surface area contributed by atoms with E-state index in [1.54, 1.807) is 12.1 Å². The van der Waals surface area contributed by atoms with E-state index in [9.17, 15) is 9.90 Å². The summed E-state index contributed by atoms with van der Waals surface area (Å²) in [5.41, 5.74) is 0.263. The largest absolute Gasteiger partial charge is 0.506 e. The first kappa shape index (κ1) is 17.5. The van der Waals surface area contributed by atoms with Gasteiger partial charge in [0.25, 0.3) is 0 Å². The molecule has 0 saturated heterocycles. The molecule has 1 aliphatic carbocycles. The molecule has 0 bridgehead atoms. The van der Waals surface area contributed by atoms with Crippen molar-refractivity contribution in [1.29, 1.82) is 0 Å². The number of aromatic hydroxyl groups is 1. The molecule has 0 radical (unpaired) electrons. The molecule has 1 fully saturated rings. The Hall–Kier alpha value is -1.82. The van der Waals surface area contributed by atoms with E-state index in [0.717, 1.165) is 31.4 Å². The smallest absolute Gasteiger partial charge is 0.407 e. The molecule has 1 saturated carbocycles. The number of pyridine rings is 1. The van der Waals surface area contributed by atoms with Crippen molar-refractivity contribution in [3.8, 4) is 5.75 Å². The van der Waals surface area contributed by atoms with Gasteiger partial charge in [0.05, 0.1) is 11.9 Å². The second-order valence-corrected chi connectivity index (χ2v) is 7.20. The highest BCUT2D eigenvalue weighted by Gasteiger charge is 2.34. The van der Waals surface area contributed by atoms with Gasteiger partial charge in [0.2, 0.25) is 0 Å². The third-order valence-electron chi connectivity index (χ3n) is 3.98. The van der Waals surface area contributed by atoms with Gasteiger partial charge in [-0.15, -0.1) is 0 Å². The van der Waals surface area contributed by atoms with Crippen molar-refractivity contribution in [2.45, 2.75) is 64.1 Å². The Morgan fingerprint density at radius 2 is 2.04 bits per heavy atom. The summed E-state index contributed by atoms with van der Waals surface area (Å²) in [5.74, 6) is 0.163. The highest BCUT2D eigenvalue weighted by atomic mass is 16.6. The minimum Gasteiger partial charge on any atom is -0.506 e. The lowest BCUT2D eigenvalue weighted by Crippen LogP contribution is -2.52. The number of ether oxygens (including phenoxy) is 1. The number of carbonyl (C=O) groups excluding carboxylic acids is 1. The molecule has 1 amide bonds. The molecule has 1 aromatic rings. The van der Waals surface area contributed by atoms with E-state index < -0.39 is 5.60 Å². The number of rotatable bonds is 5. The lowest BCUT2D eigenvalue weighted by molar-refractivity contribution is 0.0509. The van der Waals surface area contributed by atoms with Gasteiger partial charge in [-0.25, -0.2) is 4.79 Å². The van der Waals surface area contributed by atoms with E-state index in [-0.39, 0.29) is 17.4 Å². The lowest BCUT2D eigenvalue weighted by Gasteiger charge is -2.31. The van der Waals surface area contributed by atoms with Crippen LogP contribution in [0.1, 0.15) is 52.1 Å². The Morgan fingerprint density at radius 1 is 1.35 bits per heavy atom. The monoisotopic (exact) mass is 321 g/mol. The van der Waals surface area contributed by atoms with Crippen LogP contribution in [0.3, 0.4) is 0 Å². The van der Waals surface area contributed by atoms with Gasteiger partial charge in [0.15, 0.2) is 0 Å². The van der Waals surface area contributed by atoms with Crippen LogP contribution in [-0.2, 0) is 11.3 Å². The van der Waals surface area contributed by atoms with Gasteiger partial charge >= 0.3 is 6.09 Å². The molecule has 6 heteroatoms. The number of nitrogens with zero attached hydrogens (tertiary/aromatic N) is 1. The fraction of sp³-hybridized carbons (Fsp3) is 0.647. The zero-order valence-electron chi connectivity index (χ0n) is 14.2. The van der Waals surface area contributed by atoms with E-state index in [0.29, 0.717) is 13.1 Å². The minimum absolute atomic E-state index is 0.115. The highest BCUT2D eigenvalue weighted by molar-refractivity contribution is 5.67. The number of hydrogen-bond donors (Lipinski definition) is 3. The average Bonchev–Trinajstić information content (AvgIpc) is 2.92. The number of nitrogens with one attached hydrogen (secondary N) is 2. The third-order valence-corrected chi connectivity index (χ3v) is 3.98. The second-order valence-electron chi connectivity index (χ2n) is 7.20. The molecule has 0 unspecified atom stereocenters. The van der Waals surface area contributed by atoms with Gasteiger partial charge in [-0.2, -0.15) is 0 Å². The first-order valence-electron chi connectivity index (χ1n) is 8.14. The van der Waals surface area contributed by atoms with Gasteiger partial charge in [-0.1, -0.05) is 12.8 Å². The molecule has 6 nitrogen and oxygen atoms in total. The first-order chi connectivity index (χ1) is 10.8. The van der Waals surface area contributed by atoms with Crippen LogP contribution >= 0.6 is 0 Å².